The largest absolute Gasteiger partial charge is 0.359 e. The number of carbonyl (C=O) groups is 1. The first kappa shape index (κ1) is 16.1. The number of hydrogen-bond donors (Lipinski definition) is 2. The van der Waals surface area contributed by atoms with Gasteiger partial charge in [0.2, 0.25) is 5.91 Å². The van der Waals surface area contributed by atoms with Crippen molar-refractivity contribution < 1.29 is 9.18 Å². The van der Waals surface area contributed by atoms with Crippen LogP contribution in [0, 0.1) is 11.2 Å². The molecule has 1 amide bonds. The summed E-state index contributed by atoms with van der Waals surface area (Å²) < 4.78 is 14.6. The Morgan fingerprint density at radius 2 is 2.11 bits per heavy atom. The lowest BCUT2D eigenvalue weighted by Crippen LogP contribution is -2.42. The molecule has 0 saturated carbocycles. The van der Waals surface area contributed by atoms with Crippen molar-refractivity contribution in [3.05, 3.63) is 34.1 Å². The third kappa shape index (κ3) is 4.28. The zero-order chi connectivity index (χ0) is 14.6. The average Bonchev–Trinajstić information content (AvgIpc) is 2.37. The zero-order valence-electron chi connectivity index (χ0n) is 11.7. The number of halogens is 2. The van der Waals surface area contributed by atoms with E-state index in [9.17, 15) is 9.18 Å². The first-order valence-corrected chi connectivity index (χ1v) is 6.97. The van der Waals surface area contributed by atoms with Gasteiger partial charge in [0.05, 0.1) is 5.41 Å². The second-order valence-electron chi connectivity index (χ2n) is 5.23. The van der Waals surface area contributed by atoms with E-state index in [4.69, 9.17) is 0 Å². The Hall–Kier alpha value is -0.940. The van der Waals surface area contributed by atoms with Crippen LogP contribution >= 0.6 is 15.9 Å². The van der Waals surface area contributed by atoms with Gasteiger partial charge in [0.25, 0.3) is 0 Å². The van der Waals surface area contributed by atoms with Crippen molar-refractivity contribution in [2.45, 2.75) is 26.8 Å². The second kappa shape index (κ2) is 6.48. The molecule has 1 rings (SSSR count). The van der Waals surface area contributed by atoms with Crippen LogP contribution in [0.15, 0.2) is 22.7 Å². The predicted octanol–water partition coefficient (Wildman–Crippen LogP) is 3.01. The molecule has 2 N–H and O–H groups in total. The zero-order valence-corrected chi connectivity index (χ0v) is 13.3. The fraction of sp³-hybridized carbons (Fsp3) is 0.500. The number of rotatable bonds is 5. The molecule has 3 nitrogen and oxygen atoms in total. The maximum Gasteiger partial charge on any atom is 0.226 e. The summed E-state index contributed by atoms with van der Waals surface area (Å²) in [5.41, 5.74) is 0.0490. The highest BCUT2D eigenvalue weighted by atomic mass is 79.9. The van der Waals surface area contributed by atoms with Gasteiger partial charge in [0.15, 0.2) is 0 Å². The first-order valence-electron chi connectivity index (χ1n) is 6.18. The van der Waals surface area contributed by atoms with Crippen LogP contribution in [-0.2, 0) is 4.79 Å². The highest BCUT2D eigenvalue weighted by Crippen LogP contribution is 2.23. The fourth-order valence-corrected chi connectivity index (χ4v) is 2.16. The van der Waals surface area contributed by atoms with Gasteiger partial charge in [-0.1, -0.05) is 15.9 Å². The van der Waals surface area contributed by atoms with Crippen molar-refractivity contribution in [2.24, 2.45) is 5.41 Å². The molecule has 5 heteroatoms. The van der Waals surface area contributed by atoms with E-state index in [1.807, 2.05) is 20.8 Å². The molecule has 1 aromatic rings. The van der Waals surface area contributed by atoms with E-state index in [2.05, 4.69) is 26.6 Å². The van der Waals surface area contributed by atoms with Crippen molar-refractivity contribution in [1.82, 2.24) is 10.6 Å². The summed E-state index contributed by atoms with van der Waals surface area (Å²) in [4.78, 5) is 11.7. The molecule has 0 bridgehead atoms. The third-order valence-electron chi connectivity index (χ3n) is 3.12. The Bertz CT molecular complexity index is 463. The first-order chi connectivity index (χ1) is 8.77. The van der Waals surface area contributed by atoms with E-state index in [0.717, 1.165) is 4.47 Å². The molecule has 0 spiro atoms. The van der Waals surface area contributed by atoms with E-state index >= 15 is 0 Å². The predicted molar refractivity (Wildman–Crippen MR) is 78.4 cm³/mol. The fourth-order valence-electron chi connectivity index (χ4n) is 1.78. The summed E-state index contributed by atoms with van der Waals surface area (Å²) in [6.45, 7) is 6.05. The smallest absolute Gasteiger partial charge is 0.226 e. The highest BCUT2D eigenvalue weighted by molar-refractivity contribution is 9.10. The van der Waals surface area contributed by atoms with Gasteiger partial charge in [-0.3, -0.25) is 4.79 Å². The Balaban J connectivity index is 2.73. The summed E-state index contributed by atoms with van der Waals surface area (Å²) in [7, 11) is 1.61. The number of nitrogens with one attached hydrogen (secondary N) is 2. The van der Waals surface area contributed by atoms with E-state index in [0.29, 0.717) is 12.1 Å². The summed E-state index contributed by atoms with van der Waals surface area (Å²) in [6.07, 6.45) is 0. The molecule has 0 saturated heterocycles. The van der Waals surface area contributed by atoms with Gasteiger partial charge in [0, 0.05) is 29.7 Å². The molecule has 19 heavy (non-hydrogen) atoms. The molecule has 0 aliphatic rings. The number of carbonyl (C=O) groups excluding carboxylic acids is 1. The van der Waals surface area contributed by atoms with Gasteiger partial charge < -0.3 is 10.6 Å². The molecular weight excluding hydrogens is 311 g/mol. The minimum Gasteiger partial charge on any atom is -0.359 e. The van der Waals surface area contributed by atoms with E-state index < -0.39 is 5.41 Å². The van der Waals surface area contributed by atoms with E-state index in [1.54, 1.807) is 19.2 Å². The summed E-state index contributed by atoms with van der Waals surface area (Å²) in [6, 6.07) is 4.68. The van der Waals surface area contributed by atoms with Gasteiger partial charge in [-0.25, -0.2) is 4.39 Å². The maximum absolute atomic E-state index is 13.7. The van der Waals surface area contributed by atoms with Crippen molar-refractivity contribution in [2.75, 3.05) is 13.6 Å². The summed E-state index contributed by atoms with van der Waals surface area (Å²) in [5.74, 6) is -0.289. The van der Waals surface area contributed by atoms with Crippen molar-refractivity contribution in [3.8, 4) is 0 Å². The van der Waals surface area contributed by atoms with Crippen LogP contribution in [0.25, 0.3) is 0 Å². The minimum atomic E-state index is -0.536. The Morgan fingerprint density at radius 3 is 2.68 bits per heavy atom. The maximum atomic E-state index is 13.7. The van der Waals surface area contributed by atoms with Crippen LogP contribution in [0.2, 0.25) is 0 Å². The van der Waals surface area contributed by atoms with Crippen LogP contribution in [0.4, 0.5) is 4.39 Å². The molecule has 0 aliphatic carbocycles. The molecule has 0 fully saturated rings. The Labute approximate surface area is 122 Å². The standard InChI is InChI=1S/C14H20BrFN2O/c1-9(11-7-10(15)5-6-12(11)16)18-8-14(2,3)13(19)17-4/h5-7,9,18H,8H2,1-4H3,(H,17,19). The van der Waals surface area contributed by atoms with Crippen LogP contribution in [-0.4, -0.2) is 19.5 Å². The third-order valence-corrected chi connectivity index (χ3v) is 3.61. The average molecular weight is 331 g/mol. The number of hydrogen-bond acceptors (Lipinski definition) is 2. The topological polar surface area (TPSA) is 41.1 Å². The van der Waals surface area contributed by atoms with Gasteiger partial charge in [-0.05, 0) is 39.0 Å². The second-order valence-corrected chi connectivity index (χ2v) is 6.15. The van der Waals surface area contributed by atoms with E-state index in [1.165, 1.54) is 6.07 Å². The summed E-state index contributed by atoms with van der Waals surface area (Å²) >= 11 is 3.33. The summed E-state index contributed by atoms with van der Waals surface area (Å²) in [5, 5.41) is 5.83. The molecule has 1 aromatic carbocycles. The van der Waals surface area contributed by atoms with Gasteiger partial charge in [0.1, 0.15) is 5.82 Å². The molecule has 0 heterocycles. The SMILES string of the molecule is CNC(=O)C(C)(C)CNC(C)c1cc(Br)ccc1F. The molecule has 1 atom stereocenters. The lowest BCUT2D eigenvalue weighted by Gasteiger charge is -2.25. The van der Waals surface area contributed by atoms with Crippen molar-refractivity contribution >= 4 is 21.8 Å². The monoisotopic (exact) mass is 330 g/mol. The molecule has 0 aliphatic heterocycles. The molecule has 0 radical (unpaired) electrons. The minimum absolute atomic E-state index is 0.0399. The van der Waals surface area contributed by atoms with Gasteiger partial charge in [-0.2, -0.15) is 0 Å². The molecular formula is C14H20BrFN2O. The van der Waals surface area contributed by atoms with Gasteiger partial charge in [-0.15, -0.1) is 0 Å². The van der Waals surface area contributed by atoms with Crippen LogP contribution in [0.5, 0.6) is 0 Å². The highest BCUT2D eigenvalue weighted by Gasteiger charge is 2.27. The molecule has 106 valence electrons. The Kier molecular flexibility index (Phi) is 5.50. The normalized spacial score (nSPS) is 13.2. The van der Waals surface area contributed by atoms with Crippen molar-refractivity contribution in [1.29, 1.82) is 0 Å². The quantitative estimate of drug-likeness (QED) is 0.871. The van der Waals surface area contributed by atoms with Crippen LogP contribution < -0.4 is 10.6 Å². The number of amides is 1. The Morgan fingerprint density at radius 1 is 1.47 bits per heavy atom. The van der Waals surface area contributed by atoms with Crippen LogP contribution in [0.3, 0.4) is 0 Å². The van der Waals surface area contributed by atoms with Crippen molar-refractivity contribution in [3.63, 3.8) is 0 Å². The molecule has 0 aromatic heterocycles. The van der Waals surface area contributed by atoms with Crippen LogP contribution in [0.1, 0.15) is 32.4 Å². The lowest BCUT2D eigenvalue weighted by atomic mass is 9.91. The van der Waals surface area contributed by atoms with E-state index in [-0.39, 0.29) is 17.8 Å². The van der Waals surface area contributed by atoms with Gasteiger partial charge >= 0.3 is 0 Å². The lowest BCUT2D eigenvalue weighted by molar-refractivity contribution is -0.128. The molecule has 1 unspecified atom stereocenters. The number of benzene rings is 1.